The first kappa shape index (κ1) is 17.1. The average molecular weight is 265 g/mol. The molecule has 5 heteroatoms. The van der Waals surface area contributed by atoms with Gasteiger partial charge in [0.1, 0.15) is 0 Å². The molecule has 0 fully saturated rings. The van der Waals surface area contributed by atoms with Crippen molar-refractivity contribution in [3.63, 3.8) is 0 Å². The fourth-order valence-electron chi connectivity index (χ4n) is 1.57. The zero-order valence-corrected chi connectivity index (χ0v) is 13.2. The molecule has 0 aliphatic heterocycles. The van der Waals surface area contributed by atoms with Crippen LogP contribution in [0.1, 0.15) is 54.9 Å². The van der Waals surface area contributed by atoms with Crippen LogP contribution >= 0.6 is 7.75 Å². The highest BCUT2D eigenvalue weighted by Crippen LogP contribution is 2.55. The summed E-state index contributed by atoms with van der Waals surface area (Å²) in [5.41, 5.74) is 0. The molecule has 0 spiro atoms. The maximum atomic E-state index is 12.8. The highest BCUT2D eigenvalue weighted by Gasteiger charge is 2.36. The molecule has 104 valence electrons. The molecule has 0 amide bonds. The Balaban J connectivity index is 5.03. The van der Waals surface area contributed by atoms with Crippen LogP contribution < -0.4 is 0 Å². The smallest absolute Gasteiger partial charge is 0.294 e. The topological polar surface area (TPSA) is 38.8 Å². The highest BCUT2D eigenvalue weighted by molar-refractivity contribution is 7.51. The first-order chi connectivity index (χ1) is 7.73. The molecule has 0 aliphatic carbocycles. The Labute approximate surface area is 106 Å². The van der Waals surface area contributed by atoms with Crippen LogP contribution in [0.3, 0.4) is 0 Å². The van der Waals surface area contributed by atoms with Gasteiger partial charge in [0.15, 0.2) is 0 Å². The molecule has 0 aromatic rings. The lowest BCUT2D eigenvalue weighted by Crippen LogP contribution is -2.32. The fourth-order valence-corrected chi connectivity index (χ4v) is 3.94. The summed E-state index contributed by atoms with van der Waals surface area (Å²) >= 11 is 0. The van der Waals surface area contributed by atoms with Crippen LogP contribution in [-0.4, -0.2) is 29.5 Å². The Kier molecular flexibility index (Phi) is 7.57. The van der Waals surface area contributed by atoms with Gasteiger partial charge in [-0.15, -0.1) is 0 Å². The van der Waals surface area contributed by atoms with Gasteiger partial charge in [0.2, 0.25) is 0 Å². The minimum Gasteiger partial charge on any atom is -0.294 e. The first-order valence-electron chi connectivity index (χ1n) is 6.46. The average Bonchev–Trinajstić information content (AvgIpc) is 2.10. The van der Waals surface area contributed by atoms with E-state index in [1.807, 2.05) is 46.2 Å². The lowest BCUT2D eigenvalue weighted by atomic mass is 10.4. The predicted octanol–water partition coefficient (Wildman–Crippen LogP) is 4.06. The van der Waals surface area contributed by atoms with E-state index in [4.69, 9.17) is 9.05 Å². The zero-order chi connectivity index (χ0) is 13.6. The van der Waals surface area contributed by atoms with E-state index in [1.165, 1.54) is 0 Å². The summed E-state index contributed by atoms with van der Waals surface area (Å²) < 4.78 is 25.9. The van der Waals surface area contributed by atoms with Crippen molar-refractivity contribution in [1.82, 2.24) is 4.67 Å². The Morgan fingerprint density at radius 1 is 1.00 bits per heavy atom. The molecule has 0 saturated carbocycles. The molecule has 0 heterocycles. The lowest BCUT2D eigenvalue weighted by molar-refractivity contribution is 0.0979. The summed E-state index contributed by atoms with van der Waals surface area (Å²) in [5.74, 6) is 0. The number of hydrogen-bond acceptors (Lipinski definition) is 3. The van der Waals surface area contributed by atoms with E-state index in [-0.39, 0.29) is 18.2 Å². The van der Waals surface area contributed by atoms with E-state index in [1.54, 1.807) is 0 Å². The third-order valence-corrected chi connectivity index (χ3v) is 4.72. The second-order valence-electron chi connectivity index (χ2n) is 5.03. The van der Waals surface area contributed by atoms with Crippen LogP contribution in [0.4, 0.5) is 0 Å². The van der Waals surface area contributed by atoms with Gasteiger partial charge in [-0.1, -0.05) is 6.92 Å². The summed E-state index contributed by atoms with van der Waals surface area (Å²) in [6, 6.07) is 0.137. The molecule has 17 heavy (non-hydrogen) atoms. The maximum Gasteiger partial charge on any atom is 0.408 e. The molecule has 0 unspecified atom stereocenters. The van der Waals surface area contributed by atoms with E-state index >= 15 is 0 Å². The molecule has 0 saturated heterocycles. The minimum absolute atomic E-state index is 0.113. The molecular weight excluding hydrogens is 237 g/mol. The monoisotopic (exact) mass is 265 g/mol. The largest absolute Gasteiger partial charge is 0.408 e. The molecule has 4 nitrogen and oxygen atoms in total. The number of nitrogens with zero attached hydrogens (tertiary/aromatic N) is 1. The van der Waals surface area contributed by atoms with Gasteiger partial charge in [-0.2, -0.15) is 0 Å². The van der Waals surface area contributed by atoms with Gasteiger partial charge in [-0.25, -0.2) is 9.24 Å². The second-order valence-corrected chi connectivity index (χ2v) is 6.91. The summed E-state index contributed by atoms with van der Waals surface area (Å²) in [4.78, 5) is 0. The Morgan fingerprint density at radius 2 is 1.41 bits per heavy atom. The van der Waals surface area contributed by atoms with Crippen molar-refractivity contribution in [1.29, 1.82) is 0 Å². The van der Waals surface area contributed by atoms with Crippen LogP contribution in [0, 0.1) is 0 Å². The van der Waals surface area contributed by atoms with Crippen LogP contribution in [0.15, 0.2) is 0 Å². The van der Waals surface area contributed by atoms with E-state index in [9.17, 15) is 4.57 Å². The van der Waals surface area contributed by atoms with Crippen LogP contribution in [0.5, 0.6) is 0 Å². The Bertz CT molecular complexity index is 240. The second kappa shape index (κ2) is 7.52. The highest BCUT2D eigenvalue weighted by atomic mass is 31.2. The molecule has 0 rings (SSSR count). The number of rotatable bonds is 8. The van der Waals surface area contributed by atoms with Crippen molar-refractivity contribution in [2.45, 2.75) is 73.1 Å². The third kappa shape index (κ3) is 6.01. The van der Waals surface area contributed by atoms with Gasteiger partial charge in [0.25, 0.3) is 0 Å². The molecule has 0 atom stereocenters. The summed E-state index contributed by atoms with van der Waals surface area (Å²) in [7, 11) is -3.18. The summed E-state index contributed by atoms with van der Waals surface area (Å²) in [5, 5.41) is 0. The predicted molar refractivity (Wildman–Crippen MR) is 72.2 cm³/mol. The van der Waals surface area contributed by atoms with Crippen LogP contribution in [0.2, 0.25) is 0 Å². The van der Waals surface area contributed by atoms with E-state index in [0.29, 0.717) is 6.54 Å². The van der Waals surface area contributed by atoms with E-state index in [2.05, 4.69) is 6.92 Å². The Morgan fingerprint density at radius 3 is 1.65 bits per heavy atom. The third-order valence-electron chi connectivity index (χ3n) is 2.05. The van der Waals surface area contributed by atoms with Gasteiger partial charge in [-0.05, 0) is 48.0 Å². The van der Waals surface area contributed by atoms with Crippen molar-refractivity contribution in [2.24, 2.45) is 0 Å². The first-order valence-corrected chi connectivity index (χ1v) is 7.96. The van der Waals surface area contributed by atoms with Crippen molar-refractivity contribution in [3.05, 3.63) is 0 Å². The Hall–Kier alpha value is 0.110. The molecule has 0 aromatic heterocycles. The van der Waals surface area contributed by atoms with Crippen LogP contribution in [0.25, 0.3) is 0 Å². The molecule has 0 bridgehead atoms. The van der Waals surface area contributed by atoms with Gasteiger partial charge in [-0.3, -0.25) is 9.05 Å². The summed E-state index contributed by atoms with van der Waals surface area (Å²) in [6.07, 6.45) is 0.695. The number of hydrogen-bond donors (Lipinski definition) is 0. The molecule has 0 aliphatic rings. The maximum absolute atomic E-state index is 12.8. The van der Waals surface area contributed by atoms with Crippen molar-refractivity contribution in [3.8, 4) is 0 Å². The van der Waals surface area contributed by atoms with Crippen molar-refractivity contribution >= 4 is 7.75 Å². The molecular formula is C12H28NO3P. The van der Waals surface area contributed by atoms with Gasteiger partial charge < -0.3 is 0 Å². The molecule has 0 aromatic carbocycles. The van der Waals surface area contributed by atoms with Crippen molar-refractivity contribution < 1.29 is 13.6 Å². The fraction of sp³-hybridized carbons (Fsp3) is 1.00. The van der Waals surface area contributed by atoms with E-state index in [0.717, 1.165) is 6.42 Å². The standard InChI is InChI=1S/C12H28NO3P/c1-8-9-13(10(2)3)17(14,15-11(4)5)16-12(6)7/h10-12H,8-9H2,1-7H3. The van der Waals surface area contributed by atoms with Gasteiger partial charge >= 0.3 is 7.75 Å². The lowest BCUT2D eigenvalue weighted by Gasteiger charge is -2.34. The van der Waals surface area contributed by atoms with Crippen LogP contribution in [-0.2, 0) is 13.6 Å². The van der Waals surface area contributed by atoms with Gasteiger partial charge in [0.05, 0.1) is 12.2 Å². The molecule has 0 radical (unpaired) electrons. The molecule has 0 N–H and O–H groups in total. The zero-order valence-electron chi connectivity index (χ0n) is 12.3. The SMILES string of the molecule is CCCN(C(C)C)P(=O)(OC(C)C)OC(C)C. The summed E-state index contributed by atoms with van der Waals surface area (Å²) in [6.45, 7) is 14.3. The van der Waals surface area contributed by atoms with E-state index < -0.39 is 7.75 Å². The minimum atomic E-state index is -3.18. The van der Waals surface area contributed by atoms with Gasteiger partial charge in [0, 0.05) is 12.6 Å². The quantitative estimate of drug-likeness (QED) is 0.620. The van der Waals surface area contributed by atoms with Crippen molar-refractivity contribution in [2.75, 3.05) is 6.54 Å². The normalized spacial score (nSPS) is 13.4.